The lowest BCUT2D eigenvalue weighted by molar-refractivity contribution is -0.129. The average molecular weight is 1010 g/mol. The van der Waals surface area contributed by atoms with Gasteiger partial charge in [-0.1, -0.05) is 119 Å². The second-order valence-electron chi connectivity index (χ2n) is 17.4. The van der Waals surface area contributed by atoms with Crippen molar-refractivity contribution in [2.45, 2.75) is 53.4 Å². The van der Waals surface area contributed by atoms with Crippen molar-refractivity contribution in [1.82, 2.24) is 19.5 Å². The topological polar surface area (TPSA) is 152 Å². The summed E-state index contributed by atoms with van der Waals surface area (Å²) < 4.78 is 27.1. The number of nitrogens with zero attached hydrogens (tertiary/aromatic N) is 3. The molecule has 8 bridgehead atoms. The van der Waals surface area contributed by atoms with Crippen molar-refractivity contribution in [1.29, 1.82) is 0 Å². The number of aromatic nitrogens is 4. The lowest BCUT2D eigenvalue weighted by atomic mass is 9.92. The molecule has 0 amide bonds. The normalized spacial score (nSPS) is 12.1. The quantitative estimate of drug-likeness (QED) is 0.0562. The van der Waals surface area contributed by atoms with Gasteiger partial charge in [-0.25, -0.2) is 29.1 Å². The number of hydrogen-bond acceptors (Lipinski definition) is 10. The molecule has 5 heterocycles. The van der Waals surface area contributed by atoms with E-state index < -0.39 is 23.9 Å². The lowest BCUT2D eigenvalue weighted by Crippen LogP contribution is -2.08. The monoisotopic (exact) mass is 1010 g/mol. The molecule has 12 heteroatoms. The SMILES string of the molecule is CCC=CC(=O)Oc1ccccc1-c1c(-c2ccccc2OC(=O)C=CCC)c2c(-c3ccccc3OC(=O)C=CCC)c3nc(cc4ccc(cc5nc(cc1n2-c1ccccc1OC(=O)C=CCC)C=C5)[nH]4)C=C3. The molecule has 12 nitrogen and oxygen atoms in total. The summed E-state index contributed by atoms with van der Waals surface area (Å²) in [5.74, 6) is -1.64. The Labute approximate surface area is 440 Å². The third-order valence-electron chi connectivity index (χ3n) is 12.0. The van der Waals surface area contributed by atoms with Gasteiger partial charge < -0.3 is 28.5 Å². The summed E-state index contributed by atoms with van der Waals surface area (Å²) in [6.45, 7) is 7.69. The second-order valence-corrected chi connectivity index (χ2v) is 17.4. The van der Waals surface area contributed by atoms with E-state index in [4.69, 9.17) is 28.9 Å². The molecule has 76 heavy (non-hydrogen) atoms. The number of carbonyl (C=O) groups excluding carboxylic acids is 4. The zero-order valence-corrected chi connectivity index (χ0v) is 42.5. The molecule has 0 radical (unpaired) electrons. The molecule has 0 spiro atoms. The second kappa shape index (κ2) is 23.9. The Kier molecular flexibility index (Phi) is 16.1. The summed E-state index contributed by atoms with van der Waals surface area (Å²) in [6.07, 6.45) is 22.4. The van der Waals surface area contributed by atoms with E-state index >= 15 is 0 Å². The molecule has 4 aromatic carbocycles. The van der Waals surface area contributed by atoms with Crippen LogP contribution in [0.4, 0.5) is 0 Å². The van der Waals surface area contributed by atoms with E-state index in [1.807, 2.05) is 135 Å². The van der Waals surface area contributed by atoms with Gasteiger partial charge in [0.2, 0.25) is 0 Å². The van der Waals surface area contributed by atoms with Gasteiger partial charge in [0.25, 0.3) is 0 Å². The zero-order valence-electron chi connectivity index (χ0n) is 42.5. The van der Waals surface area contributed by atoms with Gasteiger partial charge in [0.15, 0.2) is 5.75 Å². The fourth-order valence-electron chi connectivity index (χ4n) is 8.79. The van der Waals surface area contributed by atoms with Crippen molar-refractivity contribution in [2.75, 3.05) is 0 Å². The average Bonchev–Trinajstić information content (AvgIpc) is 4.29. The number of esters is 4. The van der Waals surface area contributed by atoms with Gasteiger partial charge in [-0.2, -0.15) is 0 Å². The van der Waals surface area contributed by atoms with Gasteiger partial charge in [0.1, 0.15) is 17.2 Å². The summed E-state index contributed by atoms with van der Waals surface area (Å²) in [7, 11) is 0. The van der Waals surface area contributed by atoms with E-state index in [-0.39, 0.29) is 23.0 Å². The van der Waals surface area contributed by atoms with Gasteiger partial charge in [0, 0.05) is 68.7 Å². The van der Waals surface area contributed by atoms with Gasteiger partial charge >= 0.3 is 23.9 Å². The van der Waals surface area contributed by atoms with Crippen LogP contribution in [0, 0.1) is 0 Å². The van der Waals surface area contributed by atoms with E-state index in [0.717, 1.165) is 11.0 Å². The van der Waals surface area contributed by atoms with Crippen LogP contribution >= 0.6 is 0 Å². The molecule has 378 valence electrons. The van der Waals surface area contributed by atoms with Gasteiger partial charge in [0.05, 0.1) is 39.5 Å². The number of allylic oxidation sites excluding steroid dienone is 4. The van der Waals surface area contributed by atoms with Crippen LogP contribution in [0.2, 0.25) is 0 Å². The third-order valence-corrected chi connectivity index (χ3v) is 12.0. The van der Waals surface area contributed by atoms with Crippen LogP contribution in [0.15, 0.2) is 176 Å². The van der Waals surface area contributed by atoms with E-state index in [9.17, 15) is 19.2 Å². The molecule has 2 aliphatic rings. The number of para-hydroxylation sites is 5. The summed E-state index contributed by atoms with van der Waals surface area (Å²) in [6, 6.07) is 38.4. The number of benzene rings is 4. The van der Waals surface area contributed by atoms with Gasteiger partial charge in [-0.15, -0.1) is 0 Å². The maximum absolute atomic E-state index is 13.8. The Bertz CT molecular complexity index is 3750. The first kappa shape index (κ1) is 51.2. The molecule has 0 fully saturated rings. The highest BCUT2D eigenvalue weighted by atomic mass is 16.5. The van der Waals surface area contributed by atoms with Crippen LogP contribution in [0.25, 0.3) is 85.4 Å². The van der Waals surface area contributed by atoms with Crippen molar-refractivity contribution in [3.63, 3.8) is 0 Å². The maximum atomic E-state index is 13.8. The largest absolute Gasteiger partial charge is 0.423 e. The van der Waals surface area contributed by atoms with Crippen LogP contribution < -0.4 is 18.9 Å². The van der Waals surface area contributed by atoms with Crippen LogP contribution in [0.5, 0.6) is 23.0 Å². The smallest absolute Gasteiger partial charge is 0.335 e. The molecule has 2 aliphatic heterocycles. The molecule has 3 aromatic heterocycles. The van der Waals surface area contributed by atoms with Gasteiger partial charge in [-0.3, -0.25) is 0 Å². The number of carbonyl (C=O) groups is 4. The predicted octanol–water partition coefficient (Wildman–Crippen LogP) is 14.6. The number of hydrogen-bond donors (Lipinski definition) is 1. The standard InChI is InChI=1S/C64H54N4O8/c1-5-9-29-57(69)73-53-25-17-13-21-47(53)61-50-38-37-45(67-50)40-44-34-33-42(65-44)39-43-35-36-46(66-43)41-52-62(48-22-14-18-26-54(48)74-58(70)30-10-6-2)63(49-23-15-19-27-55(49)75-59(71)31-11-7-3)64(61)68(52)51-24-16-20-28-56(51)76-60(72)32-12-8-4/h9-41,65H,5-8H2,1-4H3. The molecule has 7 aromatic rings. The minimum atomic E-state index is -0.611. The highest BCUT2D eigenvalue weighted by Gasteiger charge is 2.31. The Morgan fingerprint density at radius 1 is 0.447 bits per heavy atom. The summed E-state index contributed by atoms with van der Waals surface area (Å²) in [5, 5.41) is 0. The van der Waals surface area contributed by atoms with Crippen molar-refractivity contribution in [2.24, 2.45) is 0 Å². The molecular weight excluding hydrogens is 953 g/mol. The Morgan fingerprint density at radius 3 is 1.34 bits per heavy atom. The molecule has 0 atom stereocenters. The molecule has 0 saturated carbocycles. The fourth-order valence-corrected chi connectivity index (χ4v) is 8.79. The number of aromatic amines is 1. The van der Waals surface area contributed by atoms with Crippen molar-refractivity contribution < 1.29 is 38.1 Å². The zero-order chi connectivity index (χ0) is 53.0. The number of fused-ring (bicyclic) bond motifs is 8. The third kappa shape index (κ3) is 11.6. The molecule has 0 unspecified atom stereocenters. The lowest BCUT2D eigenvalue weighted by Gasteiger charge is -2.18. The minimum absolute atomic E-state index is 0.180. The summed E-state index contributed by atoms with van der Waals surface area (Å²) in [4.78, 5) is 69.1. The predicted molar refractivity (Wildman–Crippen MR) is 300 cm³/mol. The first-order valence-corrected chi connectivity index (χ1v) is 25.2. The number of H-pyrrole nitrogens is 1. The van der Waals surface area contributed by atoms with E-state index in [1.165, 1.54) is 24.3 Å². The summed E-state index contributed by atoms with van der Waals surface area (Å²) in [5.41, 5.74) is 7.83. The first-order chi connectivity index (χ1) is 37.2. The van der Waals surface area contributed by atoms with E-state index in [0.29, 0.717) is 98.6 Å². The number of ether oxygens (including phenoxy) is 4. The van der Waals surface area contributed by atoms with E-state index in [2.05, 4.69) is 4.98 Å². The fraction of sp³-hybridized carbons (Fsp3) is 0.125. The summed E-state index contributed by atoms with van der Waals surface area (Å²) >= 11 is 0. The molecule has 0 aliphatic carbocycles. The highest BCUT2D eigenvalue weighted by molar-refractivity contribution is 6.13. The van der Waals surface area contributed by atoms with Crippen molar-refractivity contribution >= 4 is 70.2 Å². The first-order valence-electron chi connectivity index (χ1n) is 25.2. The van der Waals surface area contributed by atoms with Crippen molar-refractivity contribution in [3.05, 3.63) is 199 Å². The van der Waals surface area contributed by atoms with Crippen molar-refractivity contribution in [3.8, 4) is 62.1 Å². The molecule has 9 rings (SSSR count). The van der Waals surface area contributed by atoms with Crippen LogP contribution in [0.3, 0.4) is 0 Å². The maximum Gasteiger partial charge on any atom is 0.335 e. The van der Waals surface area contributed by atoms with Gasteiger partial charge in [-0.05, 0) is 111 Å². The van der Waals surface area contributed by atoms with Crippen LogP contribution in [-0.4, -0.2) is 43.4 Å². The minimum Gasteiger partial charge on any atom is -0.423 e. The molecule has 0 saturated heterocycles. The Hall–Kier alpha value is -9.68. The molecular formula is C64H54N4O8. The van der Waals surface area contributed by atoms with E-state index in [1.54, 1.807) is 72.8 Å². The number of nitrogens with one attached hydrogen (secondary N) is 1. The van der Waals surface area contributed by atoms with Crippen LogP contribution in [0.1, 0.15) is 76.2 Å². The Balaban J connectivity index is 1.61. The number of rotatable bonds is 16. The highest BCUT2D eigenvalue weighted by Crippen LogP contribution is 2.52. The Morgan fingerprint density at radius 2 is 0.842 bits per heavy atom. The molecule has 1 N–H and O–H groups in total. The van der Waals surface area contributed by atoms with Crippen LogP contribution in [-0.2, 0) is 19.2 Å².